The molecule has 24 heavy (non-hydrogen) atoms. The van der Waals surface area contributed by atoms with E-state index in [4.69, 9.17) is 17.5 Å². The van der Waals surface area contributed by atoms with E-state index in [-0.39, 0.29) is 16.2 Å². The van der Waals surface area contributed by atoms with Gasteiger partial charge in [0.15, 0.2) is 0 Å². The molecule has 1 aromatic carbocycles. The molecule has 0 atom stereocenters. The van der Waals surface area contributed by atoms with Crippen LogP contribution in [-0.2, 0) is 10.0 Å². The van der Waals surface area contributed by atoms with Crippen molar-refractivity contribution in [3.8, 4) is 6.07 Å². The summed E-state index contributed by atoms with van der Waals surface area (Å²) < 4.78 is 29.0. The molecule has 0 radical (unpaired) electrons. The Labute approximate surface area is 153 Å². The smallest absolute Gasteiger partial charge is 0.263 e. The molecule has 0 unspecified atom stereocenters. The van der Waals surface area contributed by atoms with Crippen LogP contribution in [0.1, 0.15) is 12.0 Å². The van der Waals surface area contributed by atoms with Gasteiger partial charge in [-0.1, -0.05) is 18.3 Å². The molecule has 0 saturated carbocycles. The number of sulfonamides is 1. The van der Waals surface area contributed by atoms with Gasteiger partial charge < -0.3 is 4.98 Å². The Kier molecular flexibility index (Phi) is 4.34. The van der Waals surface area contributed by atoms with Crippen LogP contribution >= 0.6 is 28.1 Å². The van der Waals surface area contributed by atoms with Gasteiger partial charge in [-0.2, -0.15) is 5.26 Å². The number of H-pyrrole nitrogens is 1. The van der Waals surface area contributed by atoms with E-state index in [1.54, 1.807) is 18.3 Å². The second-order valence-electron chi connectivity index (χ2n) is 5.38. The van der Waals surface area contributed by atoms with Crippen molar-refractivity contribution in [2.24, 2.45) is 0 Å². The highest BCUT2D eigenvalue weighted by atomic mass is 79.9. The van der Waals surface area contributed by atoms with Gasteiger partial charge in [0.1, 0.15) is 4.91 Å². The molecule has 0 saturated heterocycles. The molecule has 1 aromatic heterocycles. The van der Waals surface area contributed by atoms with Crippen molar-refractivity contribution in [2.45, 2.75) is 13.3 Å². The monoisotopic (exact) mass is 421 g/mol. The molecule has 2 aromatic rings. The quantitative estimate of drug-likeness (QED) is 0.730. The molecular formula is C16H12BrN3O2S2. The van der Waals surface area contributed by atoms with E-state index in [1.165, 1.54) is 6.08 Å². The number of aryl methyl sites for hydroxylation is 1. The number of hydrogen-bond donors (Lipinski definition) is 2. The van der Waals surface area contributed by atoms with Gasteiger partial charge in [-0.05, 0) is 46.6 Å². The number of benzene rings is 1. The first-order valence-corrected chi connectivity index (χ1v) is 9.65. The number of nitrogens with zero attached hydrogens (tertiary/aromatic N) is 1. The van der Waals surface area contributed by atoms with Crippen LogP contribution in [0.4, 0.5) is 5.69 Å². The predicted molar refractivity (Wildman–Crippen MR) is 102 cm³/mol. The van der Waals surface area contributed by atoms with Crippen LogP contribution in [-0.4, -0.2) is 18.3 Å². The number of aromatic nitrogens is 1. The molecule has 1 heterocycles. The van der Waals surface area contributed by atoms with Crippen LogP contribution in [0.3, 0.4) is 0 Å². The third kappa shape index (κ3) is 3.02. The third-order valence-corrected chi connectivity index (χ3v) is 6.22. The topological polar surface area (TPSA) is 85.8 Å². The molecule has 5 nitrogen and oxygen atoms in total. The second kappa shape index (κ2) is 6.16. The van der Waals surface area contributed by atoms with Crippen LogP contribution < -0.4 is 4.72 Å². The fraction of sp³-hybridized carbons (Fsp3) is 0.125. The second-order valence-corrected chi connectivity index (χ2v) is 8.38. The van der Waals surface area contributed by atoms with Crippen molar-refractivity contribution in [1.29, 1.82) is 5.26 Å². The molecular weight excluding hydrogens is 410 g/mol. The fourth-order valence-electron chi connectivity index (χ4n) is 2.51. The standard InChI is InChI=1S/C16H12BrN3O2S2/c1-9-4-11-12(17)8-19-16(11)13(5-9)20-24(21,22)15-6-10(7-18)2-3-14(15)23/h2,4-6,8,19-20H,3H2,1H3. The summed E-state index contributed by atoms with van der Waals surface area (Å²) in [7, 11) is -3.88. The molecule has 8 heteroatoms. The lowest BCUT2D eigenvalue weighted by Crippen LogP contribution is -2.21. The van der Waals surface area contributed by atoms with Crippen molar-refractivity contribution >= 4 is 59.6 Å². The molecule has 1 aliphatic rings. The average molecular weight is 422 g/mol. The predicted octanol–water partition coefficient (Wildman–Crippen LogP) is 4.09. The van der Waals surface area contributed by atoms with Gasteiger partial charge in [0.25, 0.3) is 10.0 Å². The lowest BCUT2D eigenvalue weighted by Gasteiger charge is -2.15. The summed E-state index contributed by atoms with van der Waals surface area (Å²) in [5, 5.41) is 9.88. The molecule has 2 N–H and O–H groups in total. The summed E-state index contributed by atoms with van der Waals surface area (Å²) >= 11 is 8.60. The first-order valence-electron chi connectivity index (χ1n) is 6.97. The number of aromatic amines is 1. The van der Waals surface area contributed by atoms with E-state index in [0.717, 1.165) is 15.4 Å². The van der Waals surface area contributed by atoms with Crippen LogP contribution in [0, 0.1) is 18.3 Å². The highest BCUT2D eigenvalue weighted by Crippen LogP contribution is 2.32. The number of nitrogens with one attached hydrogen (secondary N) is 2. The number of nitriles is 1. The van der Waals surface area contributed by atoms with Gasteiger partial charge >= 0.3 is 0 Å². The number of fused-ring (bicyclic) bond motifs is 1. The molecule has 0 fully saturated rings. The normalized spacial score (nSPS) is 15.0. The van der Waals surface area contributed by atoms with E-state index < -0.39 is 10.0 Å². The van der Waals surface area contributed by atoms with Gasteiger partial charge in [-0.25, -0.2) is 8.42 Å². The Morgan fingerprint density at radius 2 is 2.17 bits per heavy atom. The van der Waals surface area contributed by atoms with Gasteiger partial charge in [0.2, 0.25) is 0 Å². The highest BCUT2D eigenvalue weighted by Gasteiger charge is 2.25. The number of allylic oxidation sites excluding steroid dienone is 4. The zero-order valence-corrected chi connectivity index (χ0v) is 15.8. The molecule has 1 aliphatic carbocycles. The zero-order chi connectivity index (χ0) is 17.5. The first kappa shape index (κ1) is 16.9. The molecule has 0 bridgehead atoms. The fourth-order valence-corrected chi connectivity index (χ4v) is 4.64. The maximum atomic E-state index is 12.8. The highest BCUT2D eigenvalue weighted by molar-refractivity contribution is 9.10. The van der Waals surface area contributed by atoms with E-state index in [1.807, 2.05) is 19.1 Å². The summed E-state index contributed by atoms with van der Waals surface area (Å²) in [5.41, 5.74) is 2.32. The van der Waals surface area contributed by atoms with E-state index in [2.05, 4.69) is 25.6 Å². The van der Waals surface area contributed by atoms with E-state index in [0.29, 0.717) is 16.8 Å². The van der Waals surface area contributed by atoms with E-state index >= 15 is 0 Å². The number of halogens is 1. The number of rotatable bonds is 3. The van der Waals surface area contributed by atoms with Gasteiger partial charge in [0.05, 0.1) is 17.3 Å². The summed E-state index contributed by atoms with van der Waals surface area (Å²) in [6.45, 7) is 1.89. The largest absolute Gasteiger partial charge is 0.358 e. The van der Waals surface area contributed by atoms with Crippen molar-refractivity contribution < 1.29 is 8.42 Å². The summed E-state index contributed by atoms with van der Waals surface area (Å²) in [6, 6.07) is 5.65. The average Bonchev–Trinajstić information content (AvgIpc) is 2.89. The van der Waals surface area contributed by atoms with Crippen molar-refractivity contribution in [3.05, 3.63) is 51.0 Å². The maximum absolute atomic E-state index is 12.8. The lowest BCUT2D eigenvalue weighted by molar-refractivity contribution is 0.608. The van der Waals surface area contributed by atoms with E-state index in [9.17, 15) is 8.42 Å². The number of thiocarbonyl (C=S) groups is 1. The summed E-state index contributed by atoms with van der Waals surface area (Å²) in [5.74, 6) is 0. The minimum absolute atomic E-state index is 0.0307. The minimum atomic E-state index is -3.88. The summed E-state index contributed by atoms with van der Waals surface area (Å²) in [6.07, 6.45) is 4.95. The minimum Gasteiger partial charge on any atom is -0.358 e. The molecule has 3 rings (SSSR count). The first-order chi connectivity index (χ1) is 11.3. The van der Waals surface area contributed by atoms with Crippen molar-refractivity contribution in [1.82, 2.24) is 4.98 Å². The Hall–Kier alpha value is -1.95. The molecule has 0 spiro atoms. The Morgan fingerprint density at radius 3 is 2.88 bits per heavy atom. The Morgan fingerprint density at radius 1 is 1.42 bits per heavy atom. The Balaban J connectivity index is 2.08. The van der Waals surface area contributed by atoms with Crippen LogP contribution in [0.5, 0.6) is 0 Å². The van der Waals surface area contributed by atoms with Crippen LogP contribution in [0.2, 0.25) is 0 Å². The van der Waals surface area contributed by atoms with Crippen LogP contribution in [0.15, 0.2) is 45.4 Å². The zero-order valence-electron chi connectivity index (χ0n) is 12.6. The lowest BCUT2D eigenvalue weighted by atomic mass is 10.1. The molecule has 122 valence electrons. The molecule has 0 amide bonds. The third-order valence-electron chi connectivity index (χ3n) is 3.61. The van der Waals surface area contributed by atoms with Crippen LogP contribution in [0.25, 0.3) is 10.9 Å². The van der Waals surface area contributed by atoms with Crippen molar-refractivity contribution in [3.63, 3.8) is 0 Å². The number of anilines is 1. The van der Waals surface area contributed by atoms with Crippen molar-refractivity contribution in [2.75, 3.05) is 4.72 Å². The maximum Gasteiger partial charge on any atom is 0.263 e. The van der Waals surface area contributed by atoms with Gasteiger partial charge in [0, 0.05) is 32.9 Å². The van der Waals surface area contributed by atoms with Gasteiger partial charge in [-0.15, -0.1) is 0 Å². The summed E-state index contributed by atoms with van der Waals surface area (Å²) in [4.78, 5) is 3.31. The molecule has 0 aliphatic heterocycles. The number of hydrogen-bond acceptors (Lipinski definition) is 4. The van der Waals surface area contributed by atoms with Gasteiger partial charge in [-0.3, -0.25) is 4.72 Å². The SMILES string of the molecule is Cc1cc(NS(=O)(=O)C2=CC(C#N)=CCC2=S)c2[nH]cc(Br)c2c1. The Bertz CT molecular complexity index is 1070.